The Morgan fingerprint density at radius 2 is 1.47 bits per heavy atom. The second kappa shape index (κ2) is 12.8. The smallest absolute Gasteiger partial charge is 0.251 e. The largest absolute Gasteiger partial charge is 0.493 e. The predicted molar refractivity (Wildman–Crippen MR) is 142 cm³/mol. The minimum atomic E-state index is -0.157. The molecule has 1 amide bonds. The number of amides is 1. The van der Waals surface area contributed by atoms with E-state index in [1.165, 1.54) is 5.69 Å². The Morgan fingerprint density at radius 3 is 2.08 bits per heavy atom. The van der Waals surface area contributed by atoms with E-state index in [-0.39, 0.29) is 5.91 Å². The lowest BCUT2D eigenvalue weighted by atomic mass is 10.1. The van der Waals surface area contributed by atoms with Gasteiger partial charge < -0.3 is 24.4 Å². The molecule has 0 saturated carbocycles. The van der Waals surface area contributed by atoms with Crippen LogP contribution in [0.15, 0.2) is 72.8 Å². The molecule has 1 N–H and O–H groups in total. The highest BCUT2D eigenvalue weighted by Crippen LogP contribution is 2.39. The van der Waals surface area contributed by atoms with Crippen molar-refractivity contribution in [3.63, 3.8) is 0 Å². The lowest BCUT2D eigenvalue weighted by molar-refractivity contribution is 0.0950. The number of carbonyl (C=O) groups is 1. The van der Waals surface area contributed by atoms with Crippen LogP contribution in [0.3, 0.4) is 0 Å². The monoisotopic (exact) mass is 489 g/mol. The first-order chi connectivity index (χ1) is 17.7. The molecule has 0 radical (unpaired) electrons. The summed E-state index contributed by atoms with van der Waals surface area (Å²) in [4.78, 5) is 17.7. The van der Waals surface area contributed by atoms with Gasteiger partial charge in [-0.05, 0) is 42.8 Å². The molecule has 1 fully saturated rings. The maximum atomic E-state index is 12.8. The topological polar surface area (TPSA) is 63.3 Å². The summed E-state index contributed by atoms with van der Waals surface area (Å²) in [5.74, 6) is 1.25. The van der Waals surface area contributed by atoms with E-state index < -0.39 is 0 Å². The van der Waals surface area contributed by atoms with Crippen molar-refractivity contribution in [1.82, 2.24) is 10.2 Å². The summed E-state index contributed by atoms with van der Waals surface area (Å²) in [6.07, 6.45) is 0.892. The van der Waals surface area contributed by atoms with Crippen molar-refractivity contribution in [2.45, 2.75) is 13.0 Å². The van der Waals surface area contributed by atoms with Gasteiger partial charge in [-0.1, -0.05) is 48.5 Å². The number of nitrogens with zero attached hydrogens (tertiary/aromatic N) is 2. The summed E-state index contributed by atoms with van der Waals surface area (Å²) >= 11 is 0. The molecule has 190 valence electrons. The number of benzene rings is 3. The molecule has 7 heteroatoms. The predicted octanol–water partition coefficient (Wildman–Crippen LogP) is 4.22. The maximum absolute atomic E-state index is 12.8. The van der Waals surface area contributed by atoms with Crippen molar-refractivity contribution >= 4 is 11.6 Å². The van der Waals surface area contributed by atoms with Crippen LogP contribution >= 0.6 is 0 Å². The molecule has 1 aliphatic heterocycles. The Balaban J connectivity index is 1.25. The summed E-state index contributed by atoms with van der Waals surface area (Å²) in [6.45, 7) is 6.04. The van der Waals surface area contributed by atoms with Gasteiger partial charge in [0.2, 0.25) is 5.75 Å². The number of hydrogen-bond acceptors (Lipinski definition) is 6. The zero-order chi connectivity index (χ0) is 25.2. The summed E-state index contributed by atoms with van der Waals surface area (Å²) in [7, 11) is 3.12. The normalized spacial score (nSPS) is 13.8. The van der Waals surface area contributed by atoms with E-state index in [2.05, 4.69) is 39.4 Å². The fourth-order valence-corrected chi connectivity index (χ4v) is 4.36. The standard InChI is InChI=1S/C29H35N3O4/c1-34-26-20-24(21-27(35-2)28(26)36-22-23-10-5-3-6-11-23)29(33)30-14-9-15-31-16-18-32(19-17-31)25-12-7-4-8-13-25/h3-8,10-13,20-21H,9,14-19,22H2,1-2H3,(H,30,33). The van der Waals surface area contributed by atoms with Crippen LogP contribution in [0, 0.1) is 0 Å². The highest BCUT2D eigenvalue weighted by molar-refractivity contribution is 5.95. The molecular formula is C29H35N3O4. The third kappa shape index (κ3) is 6.70. The minimum Gasteiger partial charge on any atom is -0.493 e. The van der Waals surface area contributed by atoms with Crippen LogP contribution in [0.2, 0.25) is 0 Å². The van der Waals surface area contributed by atoms with E-state index in [4.69, 9.17) is 14.2 Å². The number of rotatable bonds is 11. The van der Waals surface area contributed by atoms with Gasteiger partial charge in [0.1, 0.15) is 6.61 Å². The van der Waals surface area contributed by atoms with E-state index in [9.17, 15) is 4.79 Å². The quantitative estimate of drug-likeness (QED) is 0.407. The van der Waals surface area contributed by atoms with Gasteiger partial charge >= 0.3 is 0 Å². The zero-order valence-electron chi connectivity index (χ0n) is 21.1. The first-order valence-corrected chi connectivity index (χ1v) is 12.4. The lowest BCUT2D eigenvalue weighted by Gasteiger charge is -2.36. The number of anilines is 1. The van der Waals surface area contributed by atoms with E-state index in [1.54, 1.807) is 26.4 Å². The summed E-state index contributed by atoms with van der Waals surface area (Å²) in [5.41, 5.74) is 2.80. The molecule has 0 bridgehead atoms. The van der Waals surface area contributed by atoms with Crippen LogP contribution < -0.4 is 24.4 Å². The van der Waals surface area contributed by atoms with Crippen molar-refractivity contribution in [3.8, 4) is 17.2 Å². The van der Waals surface area contributed by atoms with Gasteiger partial charge in [-0.2, -0.15) is 0 Å². The SMILES string of the molecule is COc1cc(C(=O)NCCCN2CCN(c3ccccc3)CC2)cc(OC)c1OCc1ccccc1. The van der Waals surface area contributed by atoms with E-state index >= 15 is 0 Å². The van der Waals surface area contributed by atoms with Gasteiger partial charge in [0.25, 0.3) is 5.91 Å². The van der Waals surface area contributed by atoms with Gasteiger partial charge in [0.15, 0.2) is 11.5 Å². The van der Waals surface area contributed by atoms with Gasteiger partial charge in [-0.25, -0.2) is 0 Å². The van der Waals surface area contributed by atoms with Crippen LogP contribution in [0.4, 0.5) is 5.69 Å². The molecule has 0 spiro atoms. The molecule has 7 nitrogen and oxygen atoms in total. The average Bonchev–Trinajstić information content (AvgIpc) is 2.95. The highest BCUT2D eigenvalue weighted by Gasteiger charge is 2.19. The molecule has 1 saturated heterocycles. The molecule has 1 heterocycles. The third-order valence-corrected chi connectivity index (χ3v) is 6.38. The molecule has 1 aliphatic rings. The molecule has 0 aromatic heterocycles. The third-order valence-electron chi connectivity index (χ3n) is 6.38. The highest BCUT2D eigenvalue weighted by atomic mass is 16.5. The van der Waals surface area contributed by atoms with Gasteiger partial charge in [-0.3, -0.25) is 9.69 Å². The van der Waals surface area contributed by atoms with Crippen LogP contribution in [0.1, 0.15) is 22.3 Å². The van der Waals surface area contributed by atoms with Crippen LogP contribution in [-0.2, 0) is 6.61 Å². The lowest BCUT2D eigenvalue weighted by Crippen LogP contribution is -2.47. The number of ether oxygens (including phenoxy) is 3. The first kappa shape index (κ1) is 25.4. The van der Waals surface area contributed by atoms with E-state index in [0.717, 1.165) is 44.7 Å². The number of piperazine rings is 1. The number of carbonyl (C=O) groups excluding carboxylic acids is 1. The van der Waals surface area contributed by atoms with Crippen LogP contribution in [0.5, 0.6) is 17.2 Å². The van der Waals surface area contributed by atoms with E-state index in [0.29, 0.717) is 36.0 Å². The number of para-hydroxylation sites is 1. The Kier molecular flexibility index (Phi) is 9.05. The molecule has 0 aliphatic carbocycles. The fourth-order valence-electron chi connectivity index (χ4n) is 4.36. The summed E-state index contributed by atoms with van der Waals surface area (Å²) in [5, 5.41) is 3.03. The Bertz CT molecular complexity index is 1080. The minimum absolute atomic E-state index is 0.157. The van der Waals surface area contributed by atoms with E-state index in [1.807, 2.05) is 36.4 Å². The van der Waals surface area contributed by atoms with Crippen LogP contribution in [-0.4, -0.2) is 64.3 Å². The molecule has 0 unspecified atom stereocenters. The molecular weight excluding hydrogens is 454 g/mol. The maximum Gasteiger partial charge on any atom is 0.251 e. The average molecular weight is 490 g/mol. The second-order valence-electron chi connectivity index (χ2n) is 8.76. The molecule has 3 aromatic carbocycles. The zero-order valence-corrected chi connectivity index (χ0v) is 21.1. The second-order valence-corrected chi connectivity index (χ2v) is 8.76. The van der Waals surface area contributed by atoms with Gasteiger partial charge in [0, 0.05) is 44.0 Å². The molecule has 36 heavy (non-hydrogen) atoms. The van der Waals surface area contributed by atoms with Crippen molar-refractivity contribution in [2.24, 2.45) is 0 Å². The summed E-state index contributed by atoms with van der Waals surface area (Å²) in [6, 6.07) is 23.8. The number of hydrogen-bond donors (Lipinski definition) is 1. The molecule has 3 aromatic rings. The van der Waals surface area contributed by atoms with Gasteiger partial charge in [-0.15, -0.1) is 0 Å². The fraction of sp³-hybridized carbons (Fsp3) is 0.345. The van der Waals surface area contributed by atoms with Crippen molar-refractivity contribution in [3.05, 3.63) is 83.9 Å². The van der Waals surface area contributed by atoms with Crippen molar-refractivity contribution < 1.29 is 19.0 Å². The molecule has 4 rings (SSSR count). The Morgan fingerprint density at radius 1 is 0.861 bits per heavy atom. The van der Waals surface area contributed by atoms with Crippen LogP contribution in [0.25, 0.3) is 0 Å². The Labute approximate surface area is 213 Å². The molecule has 0 atom stereocenters. The van der Waals surface area contributed by atoms with Crippen molar-refractivity contribution in [1.29, 1.82) is 0 Å². The number of nitrogens with one attached hydrogen (secondary N) is 1. The summed E-state index contributed by atoms with van der Waals surface area (Å²) < 4.78 is 17.0. The number of methoxy groups -OCH3 is 2. The van der Waals surface area contributed by atoms with Gasteiger partial charge in [0.05, 0.1) is 14.2 Å². The first-order valence-electron chi connectivity index (χ1n) is 12.4. The van der Waals surface area contributed by atoms with Crippen molar-refractivity contribution in [2.75, 3.05) is 58.4 Å². The Hall–Kier alpha value is -3.71.